The van der Waals surface area contributed by atoms with Crippen molar-refractivity contribution in [2.45, 2.75) is 82.4 Å². The number of aliphatic hydroxyl groups is 3. The molecule has 1 saturated heterocycles. The van der Waals surface area contributed by atoms with Crippen LogP contribution in [0, 0.1) is 0 Å². The van der Waals surface area contributed by atoms with Gasteiger partial charge in [0.1, 0.15) is 30.4 Å². The Labute approximate surface area is 190 Å². The molecule has 190 valence electrons. The van der Waals surface area contributed by atoms with Crippen LogP contribution >= 0.6 is 0 Å². The summed E-state index contributed by atoms with van der Waals surface area (Å²) in [6.45, 7) is 3.84. The van der Waals surface area contributed by atoms with E-state index in [1.807, 2.05) is 0 Å². The Balaban J connectivity index is 2.68. The minimum Gasteiger partial charge on any atom is -0.481 e. The lowest BCUT2D eigenvalue weighted by Crippen LogP contribution is -2.65. The molecule has 1 aliphatic rings. The molecule has 9 N–H and O–H groups in total. The average Bonchev–Trinajstić information content (AvgIpc) is 2.73. The predicted molar refractivity (Wildman–Crippen MR) is 111 cm³/mol. The number of primary amides is 1. The van der Waals surface area contributed by atoms with E-state index in [9.17, 15) is 34.5 Å². The Morgan fingerprint density at radius 3 is 2.33 bits per heavy atom. The van der Waals surface area contributed by atoms with E-state index in [1.54, 1.807) is 6.92 Å². The number of rotatable bonds is 13. The lowest BCUT2D eigenvalue weighted by atomic mass is 9.96. The van der Waals surface area contributed by atoms with Crippen LogP contribution in [-0.4, -0.2) is 106 Å². The van der Waals surface area contributed by atoms with Crippen LogP contribution in [0.2, 0.25) is 0 Å². The molecular formula is C19H34N4O10. The maximum absolute atomic E-state index is 12.3. The van der Waals surface area contributed by atoms with Crippen LogP contribution in [0.25, 0.3) is 0 Å². The van der Waals surface area contributed by atoms with Gasteiger partial charge in [-0.2, -0.15) is 0 Å². The van der Waals surface area contributed by atoms with Crippen LogP contribution in [-0.2, 0) is 28.7 Å². The van der Waals surface area contributed by atoms with Crippen LogP contribution in [0.5, 0.6) is 0 Å². The van der Waals surface area contributed by atoms with E-state index in [2.05, 4.69) is 16.0 Å². The number of carboxylic acid groups (broad SMARTS) is 1. The van der Waals surface area contributed by atoms with Gasteiger partial charge in [0.15, 0.2) is 6.29 Å². The topological polar surface area (TPSA) is 230 Å². The summed E-state index contributed by atoms with van der Waals surface area (Å²) in [6, 6.07) is -3.06. The number of aliphatic carboxylic acids is 1. The van der Waals surface area contributed by atoms with Crippen molar-refractivity contribution in [2.75, 3.05) is 13.2 Å². The van der Waals surface area contributed by atoms with Crippen LogP contribution in [0.4, 0.5) is 0 Å². The summed E-state index contributed by atoms with van der Waals surface area (Å²) in [5, 5.41) is 46.4. The van der Waals surface area contributed by atoms with Gasteiger partial charge < -0.3 is 51.6 Å². The first-order valence-electron chi connectivity index (χ1n) is 10.5. The molecule has 14 heteroatoms. The van der Waals surface area contributed by atoms with Crippen molar-refractivity contribution in [3.8, 4) is 0 Å². The highest BCUT2D eigenvalue weighted by atomic mass is 16.6. The summed E-state index contributed by atoms with van der Waals surface area (Å²) in [5.41, 5.74) is 5.20. The molecule has 0 aromatic heterocycles. The lowest BCUT2D eigenvalue weighted by molar-refractivity contribution is -0.267. The largest absolute Gasteiger partial charge is 0.481 e. The van der Waals surface area contributed by atoms with E-state index in [0.29, 0.717) is 0 Å². The molecule has 1 aliphatic heterocycles. The van der Waals surface area contributed by atoms with Gasteiger partial charge in [-0.05, 0) is 20.3 Å². The van der Waals surface area contributed by atoms with Gasteiger partial charge in [-0.1, -0.05) is 0 Å². The third kappa shape index (κ3) is 9.19. The third-order valence-electron chi connectivity index (χ3n) is 5.04. The summed E-state index contributed by atoms with van der Waals surface area (Å²) in [7, 11) is 0. The molecule has 1 heterocycles. The molecule has 0 aromatic rings. The summed E-state index contributed by atoms with van der Waals surface area (Å²) < 4.78 is 10.9. The van der Waals surface area contributed by atoms with Gasteiger partial charge in [0.25, 0.3) is 0 Å². The molecule has 1 unspecified atom stereocenters. The predicted octanol–water partition coefficient (Wildman–Crippen LogP) is -3.85. The molecule has 0 saturated carbocycles. The van der Waals surface area contributed by atoms with Gasteiger partial charge in [0.05, 0.1) is 18.8 Å². The number of aliphatic hydroxyl groups excluding tert-OH is 3. The summed E-state index contributed by atoms with van der Waals surface area (Å²) >= 11 is 0. The SMILES string of the molecule is CC(=O)N[C@@H]1[C@@H](OC(C)CN[C@@H](C)C(=O)N[C@H](CCC(=O)O)C(N)=O)[C@H](O)[C@@H](CO)O[C@@H]1O. The van der Waals surface area contributed by atoms with Crippen molar-refractivity contribution >= 4 is 23.7 Å². The monoisotopic (exact) mass is 478 g/mol. The molecule has 14 nitrogen and oxygen atoms in total. The van der Waals surface area contributed by atoms with Crippen LogP contribution in [0.1, 0.15) is 33.6 Å². The molecule has 1 rings (SSSR count). The smallest absolute Gasteiger partial charge is 0.303 e. The maximum atomic E-state index is 12.3. The molecule has 0 radical (unpaired) electrons. The fraction of sp³-hybridized carbons (Fsp3) is 0.789. The van der Waals surface area contributed by atoms with Crippen LogP contribution < -0.4 is 21.7 Å². The first-order valence-corrected chi connectivity index (χ1v) is 10.5. The van der Waals surface area contributed by atoms with Crippen molar-refractivity contribution in [1.29, 1.82) is 0 Å². The average molecular weight is 478 g/mol. The quantitative estimate of drug-likeness (QED) is 0.128. The molecule has 0 bridgehead atoms. The molecule has 1 fully saturated rings. The summed E-state index contributed by atoms with van der Waals surface area (Å²) in [5.74, 6) is -3.07. The number of carbonyl (C=O) groups is 4. The maximum Gasteiger partial charge on any atom is 0.303 e. The van der Waals surface area contributed by atoms with Gasteiger partial charge in [-0.3, -0.25) is 19.2 Å². The Morgan fingerprint density at radius 2 is 1.82 bits per heavy atom. The van der Waals surface area contributed by atoms with E-state index >= 15 is 0 Å². The first kappa shape index (κ1) is 28.7. The van der Waals surface area contributed by atoms with Crippen LogP contribution in [0.3, 0.4) is 0 Å². The van der Waals surface area contributed by atoms with Crippen LogP contribution in [0.15, 0.2) is 0 Å². The Hall–Kier alpha value is -2.36. The Kier molecular flexibility index (Phi) is 11.6. The molecule has 8 atom stereocenters. The summed E-state index contributed by atoms with van der Waals surface area (Å²) in [4.78, 5) is 45.9. The number of hydrogen-bond acceptors (Lipinski definition) is 10. The second-order valence-corrected chi connectivity index (χ2v) is 7.90. The number of carbonyl (C=O) groups excluding carboxylic acids is 3. The molecule has 0 spiro atoms. The van der Waals surface area contributed by atoms with Crippen molar-refractivity contribution in [2.24, 2.45) is 5.73 Å². The first-order chi connectivity index (χ1) is 15.4. The number of nitrogens with one attached hydrogen (secondary N) is 3. The molecule has 33 heavy (non-hydrogen) atoms. The normalized spacial score (nSPS) is 27.8. The zero-order chi connectivity index (χ0) is 25.3. The second kappa shape index (κ2) is 13.4. The Morgan fingerprint density at radius 1 is 1.18 bits per heavy atom. The molecule has 0 aromatic carbocycles. The van der Waals surface area contributed by atoms with E-state index in [4.69, 9.17) is 20.3 Å². The summed E-state index contributed by atoms with van der Waals surface area (Å²) in [6.07, 6.45) is -6.26. The zero-order valence-electron chi connectivity index (χ0n) is 18.8. The zero-order valence-corrected chi connectivity index (χ0v) is 18.8. The molecular weight excluding hydrogens is 444 g/mol. The highest BCUT2D eigenvalue weighted by molar-refractivity contribution is 5.89. The molecule has 0 aliphatic carbocycles. The minimum absolute atomic E-state index is 0.0850. The highest BCUT2D eigenvalue weighted by Gasteiger charge is 2.46. The number of hydrogen-bond donors (Lipinski definition) is 8. The minimum atomic E-state index is -1.53. The van der Waals surface area contributed by atoms with Crippen molar-refractivity contribution in [3.63, 3.8) is 0 Å². The lowest BCUT2D eigenvalue weighted by Gasteiger charge is -2.43. The third-order valence-corrected chi connectivity index (χ3v) is 5.04. The van der Waals surface area contributed by atoms with E-state index in [1.165, 1.54) is 13.8 Å². The number of ether oxygens (including phenoxy) is 2. The van der Waals surface area contributed by atoms with E-state index in [-0.39, 0.29) is 19.4 Å². The number of amides is 3. The van der Waals surface area contributed by atoms with Crippen molar-refractivity contribution < 1.29 is 49.1 Å². The number of carboxylic acids is 1. The van der Waals surface area contributed by atoms with Gasteiger partial charge in [-0.15, -0.1) is 0 Å². The van der Waals surface area contributed by atoms with Gasteiger partial charge in [-0.25, -0.2) is 0 Å². The fourth-order valence-corrected chi connectivity index (χ4v) is 3.24. The van der Waals surface area contributed by atoms with Crippen molar-refractivity contribution in [3.05, 3.63) is 0 Å². The highest BCUT2D eigenvalue weighted by Crippen LogP contribution is 2.23. The van der Waals surface area contributed by atoms with E-state index in [0.717, 1.165) is 0 Å². The standard InChI is InChI=1S/C19H34N4O10/c1-8(6-21-9(2)18(30)23-11(17(20)29)4-5-13(26)27)32-16-14(22-10(3)25)19(31)33-12(7-24)15(16)28/h8-9,11-12,14-16,19,21,24,28,31H,4-7H2,1-3H3,(H2,20,29)(H,22,25)(H,23,30)(H,26,27)/t8?,9-,11+,12+,14+,15+,16+,19-/m0/s1. The Bertz CT molecular complexity index is 693. The van der Waals surface area contributed by atoms with E-state index < -0.39 is 79.1 Å². The molecule has 3 amide bonds. The fourth-order valence-electron chi connectivity index (χ4n) is 3.24. The van der Waals surface area contributed by atoms with Crippen molar-refractivity contribution in [1.82, 2.24) is 16.0 Å². The van der Waals surface area contributed by atoms with Gasteiger partial charge >= 0.3 is 5.97 Å². The number of nitrogens with two attached hydrogens (primary N) is 1. The van der Waals surface area contributed by atoms with Gasteiger partial charge in [0, 0.05) is 19.9 Å². The van der Waals surface area contributed by atoms with Gasteiger partial charge in [0.2, 0.25) is 17.7 Å². The second-order valence-electron chi connectivity index (χ2n) is 7.90.